The van der Waals surface area contributed by atoms with Crippen LogP contribution in [0.5, 0.6) is 0 Å². The van der Waals surface area contributed by atoms with Gasteiger partial charge in [-0.05, 0) is 53.1 Å². The van der Waals surface area contributed by atoms with Gasteiger partial charge in [-0.1, -0.05) is 54.6 Å². The Bertz CT molecular complexity index is 1690. The molecule has 0 atom stereocenters. The second-order valence-electron chi connectivity index (χ2n) is 7.93. The zero-order valence-corrected chi connectivity index (χ0v) is 18.6. The monoisotopic (exact) mass is 446 g/mol. The number of aromatic nitrogens is 2. The van der Waals surface area contributed by atoms with Gasteiger partial charge in [0.15, 0.2) is 0 Å². The molecule has 3 heterocycles. The molecule has 0 fully saturated rings. The van der Waals surface area contributed by atoms with E-state index in [1.807, 2.05) is 96.5 Å². The first-order valence-corrected chi connectivity index (χ1v) is 11.6. The molecule has 3 aromatic carbocycles. The Hall–Kier alpha value is -4.09. The molecule has 0 spiro atoms. The van der Waals surface area contributed by atoms with Crippen molar-refractivity contribution >= 4 is 33.3 Å². The predicted octanol–water partition coefficient (Wildman–Crippen LogP) is 7.11. The van der Waals surface area contributed by atoms with E-state index in [0.717, 1.165) is 38.7 Å². The lowest BCUT2D eigenvalue weighted by molar-refractivity contribution is 0.563. The first-order valence-electron chi connectivity index (χ1n) is 10.6. The third-order valence-corrected chi connectivity index (χ3v) is 6.41. The standard InChI is InChI=1S/C28H18N2O2S/c1-17-11-12-20-23(15-17)32-28(31)25(24(20)19-13-14-33-16-19)27-26(18-7-3-2-4-8-18)29-21-9-5-6-10-22(21)30-27/h2-16H,1H3. The quantitative estimate of drug-likeness (QED) is 0.272. The van der Waals surface area contributed by atoms with Crippen molar-refractivity contribution in [2.45, 2.75) is 6.92 Å². The molecule has 0 aliphatic carbocycles. The topological polar surface area (TPSA) is 56.0 Å². The van der Waals surface area contributed by atoms with E-state index < -0.39 is 5.63 Å². The normalized spacial score (nSPS) is 11.3. The van der Waals surface area contributed by atoms with E-state index in [-0.39, 0.29) is 0 Å². The highest BCUT2D eigenvalue weighted by atomic mass is 32.1. The number of para-hydroxylation sites is 2. The number of benzene rings is 3. The van der Waals surface area contributed by atoms with E-state index in [0.29, 0.717) is 22.5 Å². The Morgan fingerprint density at radius 1 is 0.758 bits per heavy atom. The summed E-state index contributed by atoms with van der Waals surface area (Å²) in [7, 11) is 0. The van der Waals surface area contributed by atoms with Crippen LogP contribution in [0.2, 0.25) is 0 Å². The van der Waals surface area contributed by atoms with Gasteiger partial charge >= 0.3 is 5.63 Å². The van der Waals surface area contributed by atoms with Gasteiger partial charge in [-0.15, -0.1) is 0 Å². The molecule has 4 nitrogen and oxygen atoms in total. The minimum atomic E-state index is -0.420. The Balaban J connectivity index is 1.79. The van der Waals surface area contributed by atoms with Gasteiger partial charge in [0.1, 0.15) is 11.3 Å². The first-order chi connectivity index (χ1) is 16.2. The van der Waals surface area contributed by atoms with Gasteiger partial charge in [0.05, 0.1) is 22.3 Å². The Labute approximate surface area is 193 Å². The minimum Gasteiger partial charge on any atom is -0.422 e. The average molecular weight is 447 g/mol. The molecule has 0 unspecified atom stereocenters. The molecule has 5 heteroatoms. The third kappa shape index (κ3) is 3.34. The van der Waals surface area contributed by atoms with Crippen molar-refractivity contribution in [3.8, 4) is 33.6 Å². The molecule has 6 rings (SSSR count). The van der Waals surface area contributed by atoms with Gasteiger partial charge < -0.3 is 4.42 Å². The molecule has 6 aromatic rings. The summed E-state index contributed by atoms with van der Waals surface area (Å²) in [6, 6.07) is 25.5. The van der Waals surface area contributed by atoms with Crippen molar-refractivity contribution in [3.63, 3.8) is 0 Å². The maximum absolute atomic E-state index is 13.5. The number of hydrogen-bond acceptors (Lipinski definition) is 5. The molecule has 0 amide bonds. The zero-order chi connectivity index (χ0) is 22.4. The van der Waals surface area contributed by atoms with E-state index in [2.05, 4.69) is 0 Å². The van der Waals surface area contributed by atoms with Crippen LogP contribution in [0.15, 0.2) is 98.8 Å². The summed E-state index contributed by atoms with van der Waals surface area (Å²) in [6.07, 6.45) is 0. The Morgan fingerprint density at radius 2 is 1.48 bits per heavy atom. The largest absolute Gasteiger partial charge is 0.422 e. The van der Waals surface area contributed by atoms with Crippen LogP contribution in [-0.2, 0) is 0 Å². The highest BCUT2D eigenvalue weighted by Gasteiger charge is 2.24. The van der Waals surface area contributed by atoms with Gasteiger partial charge in [0.25, 0.3) is 0 Å². The van der Waals surface area contributed by atoms with E-state index in [9.17, 15) is 4.79 Å². The number of fused-ring (bicyclic) bond motifs is 2. The van der Waals surface area contributed by atoms with Gasteiger partial charge in [0.2, 0.25) is 0 Å². The first kappa shape index (κ1) is 19.6. The molecule has 0 radical (unpaired) electrons. The highest BCUT2D eigenvalue weighted by molar-refractivity contribution is 7.08. The Kier molecular flexibility index (Phi) is 4.63. The van der Waals surface area contributed by atoms with Crippen LogP contribution in [-0.4, -0.2) is 9.97 Å². The van der Waals surface area contributed by atoms with Gasteiger partial charge in [-0.3, -0.25) is 0 Å². The summed E-state index contributed by atoms with van der Waals surface area (Å²) in [5.74, 6) is 0. The molecule has 0 N–H and O–H groups in total. The van der Waals surface area contributed by atoms with Gasteiger partial charge in [0, 0.05) is 16.5 Å². The lowest BCUT2D eigenvalue weighted by Gasteiger charge is -2.14. The number of aryl methyl sites for hydroxylation is 1. The van der Waals surface area contributed by atoms with Crippen molar-refractivity contribution in [1.82, 2.24) is 9.97 Å². The van der Waals surface area contributed by atoms with E-state index in [4.69, 9.17) is 14.4 Å². The number of nitrogens with zero attached hydrogens (tertiary/aromatic N) is 2. The minimum absolute atomic E-state index is 0.420. The van der Waals surface area contributed by atoms with Crippen LogP contribution in [0.1, 0.15) is 5.56 Å². The van der Waals surface area contributed by atoms with E-state index >= 15 is 0 Å². The fourth-order valence-electron chi connectivity index (χ4n) is 4.20. The van der Waals surface area contributed by atoms with Gasteiger partial charge in [-0.25, -0.2) is 14.8 Å². The Morgan fingerprint density at radius 3 is 2.21 bits per heavy atom. The molecule has 0 saturated heterocycles. The SMILES string of the molecule is Cc1ccc2c(-c3ccsc3)c(-c3nc4ccccc4nc3-c3ccccc3)c(=O)oc2c1. The smallest absolute Gasteiger partial charge is 0.346 e. The third-order valence-electron chi connectivity index (χ3n) is 5.73. The molecule has 3 aromatic heterocycles. The van der Waals surface area contributed by atoms with Crippen molar-refractivity contribution in [3.05, 3.63) is 106 Å². The fraction of sp³-hybridized carbons (Fsp3) is 0.0357. The lowest BCUT2D eigenvalue weighted by Crippen LogP contribution is -2.09. The van der Waals surface area contributed by atoms with Crippen molar-refractivity contribution < 1.29 is 4.42 Å². The molecule has 33 heavy (non-hydrogen) atoms. The predicted molar refractivity (Wildman–Crippen MR) is 135 cm³/mol. The van der Waals surface area contributed by atoms with Crippen LogP contribution >= 0.6 is 11.3 Å². The summed E-state index contributed by atoms with van der Waals surface area (Å²) < 4.78 is 5.85. The molecular weight excluding hydrogens is 428 g/mol. The molecule has 158 valence electrons. The number of hydrogen-bond donors (Lipinski definition) is 0. The summed E-state index contributed by atoms with van der Waals surface area (Å²) in [5.41, 5.74) is 6.98. The average Bonchev–Trinajstić information content (AvgIpc) is 3.37. The van der Waals surface area contributed by atoms with Crippen molar-refractivity contribution in [1.29, 1.82) is 0 Å². The van der Waals surface area contributed by atoms with E-state index in [1.54, 1.807) is 11.3 Å². The fourth-order valence-corrected chi connectivity index (χ4v) is 4.85. The molecule has 0 bridgehead atoms. The van der Waals surface area contributed by atoms with Crippen LogP contribution < -0.4 is 5.63 Å². The number of rotatable bonds is 3. The summed E-state index contributed by atoms with van der Waals surface area (Å²) >= 11 is 1.59. The number of thiophene rings is 1. The summed E-state index contributed by atoms with van der Waals surface area (Å²) in [6.45, 7) is 1.99. The van der Waals surface area contributed by atoms with Gasteiger partial charge in [-0.2, -0.15) is 11.3 Å². The summed E-state index contributed by atoms with van der Waals surface area (Å²) in [5, 5.41) is 4.94. The van der Waals surface area contributed by atoms with Crippen LogP contribution in [0.3, 0.4) is 0 Å². The molecule has 0 saturated carbocycles. The van der Waals surface area contributed by atoms with Crippen LogP contribution in [0, 0.1) is 6.92 Å². The van der Waals surface area contributed by atoms with E-state index in [1.165, 1.54) is 0 Å². The second-order valence-corrected chi connectivity index (χ2v) is 8.71. The lowest BCUT2D eigenvalue weighted by atomic mass is 9.94. The van der Waals surface area contributed by atoms with Crippen LogP contribution in [0.4, 0.5) is 0 Å². The highest BCUT2D eigenvalue weighted by Crippen LogP contribution is 2.39. The molecule has 0 aliphatic rings. The maximum atomic E-state index is 13.5. The molecule has 0 aliphatic heterocycles. The maximum Gasteiger partial charge on any atom is 0.346 e. The van der Waals surface area contributed by atoms with Crippen LogP contribution in [0.25, 0.3) is 55.6 Å². The zero-order valence-electron chi connectivity index (χ0n) is 17.8. The van der Waals surface area contributed by atoms with Crippen molar-refractivity contribution in [2.75, 3.05) is 0 Å². The molecular formula is C28H18N2O2S. The second kappa shape index (κ2) is 7.80. The summed E-state index contributed by atoms with van der Waals surface area (Å²) in [4.78, 5) is 23.4. The van der Waals surface area contributed by atoms with Crippen molar-refractivity contribution in [2.24, 2.45) is 0 Å².